The van der Waals surface area contributed by atoms with Gasteiger partial charge < -0.3 is 29.2 Å². The fourth-order valence-electron chi connectivity index (χ4n) is 8.95. The lowest BCUT2D eigenvalue weighted by Crippen LogP contribution is -2.73. The normalized spacial score (nSPS) is 25.4. The standard InChI is InChI=1S/C35H34Cl2N4O6/c1-16-9-38-30-24(46-18(3)42)5-22-28(26(16)30)20(7-36)11-40(22)32(44)34-13-35(14-34,15-34)33(45)41-12-21(8-37)29-23(41)6-25(47-19(4)43)31-27(29)17(2)10-39-31/h5-6,9-10,20-21,38-39H,7-8,11-15H2,1-4H3. The molecular weight excluding hydrogens is 643 g/mol. The number of hydrogen-bond acceptors (Lipinski definition) is 6. The van der Waals surface area contributed by atoms with Crippen LogP contribution in [0.2, 0.25) is 0 Å². The van der Waals surface area contributed by atoms with Gasteiger partial charge in [-0.2, -0.15) is 0 Å². The molecule has 2 atom stereocenters. The van der Waals surface area contributed by atoms with Crippen molar-refractivity contribution < 1.29 is 28.7 Å². The molecule has 2 aromatic carbocycles. The maximum atomic E-state index is 14.4. The van der Waals surface area contributed by atoms with Crippen LogP contribution in [0.3, 0.4) is 0 Å². The maximum Gasteiger partial charge on any atom is 0.308 e. The van der Waals surface area contributed by atoms with Crippen molar-refractivity contribution in [2.75, 3.05) is 34.6 Å². The van der Waals surface area contributed by atoms with E-state index < -0.39 is 22.8 Å². The van der Waals surface area contributed by atoms with Gasteiger partial charge in [0.1, 0.15) is 0 Å². The van der Waals surface area contributed by atoms with E-state index in [4.69, 9.17) is 32.7 Å². The Morgan fingerprint density at radius 2 is 1.13 bits per heavy atom. The van der Waals surface area contributed by atoms with Crippen molar-refractivity contribution in [3.8, 4) is 11.5 Å². The number of fused-ring (bicyclic) bond motifs is 6. The fourth-order valence-corrected chi connectivity index (χ4v) is 9.45. The minimum atomic E-state index is -0.642. The van der Waals surface area contributed by atoms with Gasteiger partial charge in [-0.15, -0.1) is 23.2 Å². The van der Waals surface area contributed by atoms with Crippen LogP contribution in [0.15, 0.2) is 24.5 Å². The van der Waals surface area contributed by atoms with Crippen LogP contribution in [-0.4, -0.2) is 58.6 Å². The van der Waals surface area contributed by atoms with Crippen LogP contribution in [-0.2, 0) is 19.2 Å². The number of alkyl halides is 2. The molecule has 9 rings (SSSR count). The highest BCUT2D eigenvalue weighted by Crippen LogP contribution is 2.75. The van der Waals surface area contributed by atoms with E-state index in [1.165, 1.54) is 13.8 Å². The largest absolute Gasteiger partial charge is 0.424 e. The van der Waals surface area contributed by atoms with E-state index in [0.29, 0.717) is 78.0 Å². The number of hydrogen-bond donors (Lipinski definition) is 2. The second-order valence-corrected chi connectivity index (χ2v) is 14.5. The summed E-state index contributed by atoms with van der Waals surface area (Å²) in [4.78, 5) is 62.7. The van der Waals surface area contributed by atoms with Crippen molar-refractivity contribution in [1.82, 2.24) is 9.97 Å². The number of anilines is 2. The van der Waals surface area contributed by atoms with E-state index in [1.54, 1.807) is 21.9 Å². The Hall–Kier alpha value is -4.02. The highest BCUT2D eigenvalue weighted by molar-refractivity contribution is 6.20. The van der Waals surface area contributed by atoms with Crippen LogP contribution in [0, 0.1) is 24.7 Å². The number of nitrogens with one attached hydrogen (secondary N) is 2. The summed E-state index contributed by atoms with van der Waals surface area (Å²) in [5, 5.41) is 1.84. The summed E-state index contributed by atoms with van der Waals surface area (Å²) in [6.07, 6.45) is 5.10. The molecule has 3 fully saturated rings. The van der Waals surface area contributed by atoms with Gasteiger partial charge in [0.25, 0.3) is 0 Å². The molecule has 4 aromatic rings. The molecule has 10 nitrogen and oxygen atoms in total. The number of rotatable bonds is 6. The lowest BCUT2D eigenvalue weighted by Gasteiger charge is -2.69. The Labute approximate surface area is 280 Å². The maximum absolute atomic E-state index is 14.4. The second kappa shape index (κ2) is 10.2. The molecule has 2 N–H and O–H groups in total. The van der Waals surface area contributed by atoms with E-state index in [1.807, 2.05) is 26.2 Å². The molecule has 2 aromatic heterocycles. The zero-order valence-corrected chi connectivity index (χ0v) is 28.0. The number of H-pyrrole nitrogens is 2. The molecule has 0 spiro atoms. The number of aromatic nitrogens is 2. The molecule has 2 unspecified atom stereocenters. The zero-order chi connectivity index (χ0) is 33.2. The molecule has 47 heavy (non-hydrogen) atoms. The summed E-state index contributed by atoms with van der Waals surface area (Å²) in [7, 11) is 0. The predicted molar refractivity (Wildman–Crippen MR) is 179 cm³/mol. The van der Waals surface area contributed by atoms with E-state index in [2.05, 4.69) is 9.97 Å². The number of ether oxygens (including phenoxy) is 2. The van der Waals surface area contributed by atoms with Crippen LogP contribution < -0.4 is 19.3 Å². The second-order valence-electron chi connectivity index (χ2n) is 13.9. The van der Waals surface area contributed by atoms with Crippen molar-refractivity contribution >= 4 is 80.1 Å². The van der Waals surface area contributed by atoms with Gasteiger partial charge in [0.15, 0.2) is 11.5 Å². The van der Waals surface area contributed by atoms with E-state index in [0.717, 1.165) is 33.0 Å². The van der Waals surface area contributed by atoms with Gasteiger partial charge in [0, 0.05) is 85.8 Å². The smallest absolute Gasteiger partial charge is 0.308 e. The first-order valence-corrected chi connectivity index (χ1v) is 16.9. The quantitative estimate of drug-likeness (QED) is 0.140. The van der Waals surface area contributed by atoms with Gasteiger partial charge in [-0.1, -0.05) is 0 Å². The minimum absolute atomic E-state index is 0.0235. The van der Waals surface area contributed by atoms with Crippen molar-refractivity contribution in [2.24, 2.45) is 10.8 Å². The summed E-state index contributed by atoms with van der Waals surface area (Å²) >= 11 is 13.0. The molecule has 0 radical (unpaired) electrons. The number of nitrogens with zero attached hydrogens (tertiary/aromatic N) is 2. The monoisotopic (exact) mass is 676 g/mol. The van der Waals surface area contributed by atoms with Crippen molar-refractivity contribution in [3.63, 3.8) is 0 Å². The third-order valence-corrected chi connectivity index (χ3v) is 11.5. The van der Waals surface area contributed by atoms with Gasteiger partial charge in [-0.3, -0.25) is 19.2 Å². The van der Waals surface area contributed by atoms with Gasteiger partial charge in [0.05, 0.1) is 33.2 Å². The minimum Gasteiger partial charge on any atom is -0.424 e. The third kappa shape index (κ3) is 4.10. The number of esters is 2. The number of aryl methyl sites for hydroxylation is 2. The van der Waals surface area contributed by atoms with Crippen LogP contribution in [0.1, 0.15) is 67.2 Å². The highest BCUT2D eigenvalue weighted by Gasteiger charge is 2.76. The lowest BCUT2D eigenvalue weighted by atomic mass is 9.34. The molecule has 2 aliphatic heterocycles. The third-order valence-electron chi connectivity index (χ3n) is 10.8. The van der Waals surface area contributed by atoms with Crippen molar-refractivity contribution in [1.29, 1.82) is 0 Å². The number of benzene rings is 2. The Morgan fingerprint density at radius 1 is 0.745 bits per heavy atom. The summed E-state index contributed by atoms with van der Waals surface area (Å²) in [5.74, 6) is 0.290. The fraction of sp³-hybridized carbons (Fsp3) is 0.429. The highest BCUT2D eigenvalue weighted by atomic mass is 35.5. The van der Waals surface area contributed by atoms with Crippen molar-refractivity contribution in [3.05, 3.63) is 46.8 Å². The van der Waals surface area contributed by atoms with Crippen LogP contribution in [0.4, 0.5) is 11.4 Å². The Bertz CT molecular complexity index is 1920. The van der Waals surface area contributed by atoms with Crippen molar-refractivity contribution in [2.45, 2.75) is 58.8 Å². The molecule has 3 aliphatic carbocycles. The number of carbonyl (C=O) groups is 4. The molecule has 3 saturated carbocycles. The lowest BCUT2D eigenvalue weighted by molar-refractivity contribution is -0.205. The molecule has 244 valence electrons. The Balaban J connectivity index is 1.10. The van der Waals surface area contributed by atoms with Gasteiger partial charge in [-0.25, -0.2) is 0 Å². The number of aromatic amines is 2. The molecule has 4 heterocycles. The number of carbonyl (C=O) groups excluding carboxylic acids is 4. The topological polar surface area (TPSA) is 125 Å². The molecule has 2 bridgehead atoms. The molecule has 5 aliphatic rings. The first-order valence-electron chi connectivity index (χ1n) is 15.8. The van der Waals surface area contributed by atoms with Crippen LogP contribution >= 0.6 is 23.2 Å². The zero-order valence-electron chi connectivity index (χ0n) is 26.5. The van der Waals surface area contributed by atoms with Gasteiger partial charge in [-0.05, 0) is 55.4 Å². The van der Waals surface area contributed by atoms with Gasteiger partial charge >= 0.3 is 11.9 Å². The Kier molecular flexibility index (Phi) is 6.61. The number of amides is 2. The number of halogens is 2. The molecule has 2 amide bonds. The molecule has 12 heteroatoms. The van der Waals surface area contributed by atoms with Crippen LogP contribution in [0.25, 0.3) is 21.8 Å². The first kappa shape index (κ1) is 30.3. The van der Waals surface area contributed by atoms with E-state index in [-0.39, 0.29) is 23.7 Å². The van der Waals surface area contributed by atoms with E-state index in [9.17, 15) is 19.2 Å². The summed E-state index contributed by atoms with van der Waals surface area (Å²) in [5.41, 5.74) is 5.47. The molecule has 0 saturated heterocycles. The van der Waals surface area contributed by atoms with E-state index >= 15 is 0 Å². The Morgan fingerprint density at radius 3 is 1.47 bits per heavy atom. The van der Waals surface area contributed by atoms with Gasteiger partial charge in [0.2, 0.25) is 11.8 Å². The first-order chi connectivity index (χ1) is 22.4. The van der Waals surface area contributed by atoms with Crippen LogP contribution in [0.5, 0.6) is 11.5 Å². The summed E-state index contributed by atoms with van der Waals surface area (Å²) in [6.45, 7) is 7.50. The average Bonchev–Trinajstić information content (AvgIpc) is 3.74. The summed E-state index contributed by atoms with van der Waals surface area (Å²) < 4.78 is 11.2. The SMILES string of the molecule is CC(=O)Oc1cc2c(c3c(C)c[nH]c13)C(CCl)CN2C(=O)C12CC(C(=O)N3CC(CCl)c4c3cc(OC(C)=O)c3[nH]cc(C)c43)(C1)C2. The molecular formula is C35H34Cl2N4O6. The average molecular weight is 678 g/mol. The predicted octanol–water partition coefficient (Wildman–Crippen LogP) is 6.33. The summed E-state index contributed by atoms with van der Waals surface area (Å²) in [6, 6.07) is 3.54.